The van der Waals surface area contributed by atoms with Crippen molar-refractivity contribution >= 4 is 51.6 Å². The number of aromatic nitrogens is 1. The Morgan fingerprint density at radius 2 is 1.15 bits per heavy atom. The lowest BCUT2D eigenvalue weighted by molar-refractivity contribution is 0.456. The van der Waals surface area contributed by atoms with Crippen LogP contribution in [0.3, 0.4) is 0 Å². The molecule has 340 valence electrons. The first kappa shape index (κ1) is 43.4. The molecule has 2 unspecified atom stereocenters. The van der Waals surface area contributed by atoms with E-state index in [4.69, 9.17) is 9.98 Å². The molecule has 0 saturated carbocycles. The van der Waals surface area contributed by atoms with Crippen molar-refractivity contribution in [2.75, 3.05) is 11.9 Å². The van der Waals surface area contributed by atoms with E-state index in [1.54, 1.807) is 0 Å². The SMILES string of the molecule is C=NC(=NC(=NCc1cccc2c1C1C=CC=CC1C2(c1ccccc1)c1ccccc1)c1cccc(N(C)c2ccccc2-c2ccccc2)c1)c1cccc(-n2c3ccccc3c3ccccc32)c1. The predicted octanol–water partition coefficient (Wildman–Crippen LogP) is 15.5. The second kappa shape index (κ2) is 18.5. The maximum atomic E-state index is 5.55. The van der Waals surface area contributed by atoms with Crippen LogP contribution in [0.4, 0.5) is 11.4 Å². The van der Waals surface area contributed by atoms with Crippen molar-refractivity contribution in [3.8, 4) is 16.8 Å². The second-order valence-corrected chi connectivity index (χ2v) is 18.4. The zero-order chi connectivity index (χ0) is 47.7. The smallest absolute Gasteiger partial charge is 0.161 e. The molecule has 5 heteroatoms. The molecule has 1 aromatic heterocycles. The fraction of sp³-hybridized carbons (Fsp3) is 0.0758. The summed E-state index contributed by atoms with van der Waals surface area (Å²) in [5.74, 6) is 1.37. The number of para-hydroxylation sites is 3. The topological polar surface area (TPSA) is 45.2 Å². The van der Waals surface area contributed by atoms with Crippen LogP contribution in [0.2, 0.25) is 0 Å². The van der Waals surface area contributed by atoms with Crippen molar-refractivity contribution in [3.63, 3.8) is 0 Å². The van der Waals surface area contributed by atoms with Gasteiger partial charge in [-0.3, -0.25) is 4.99 Å². The lowest BCUT2D eigenvalue weighted by Gasteiger charge is -2.38. The number of benzene rings is 9. The molecule has 0 fully saturated rings. The Morgan fingerprint density at radius 3 is 1.86 bits per heavy atom. The van der Waals surface area contributed by atoms with Crippen LogP contribution in [0.25, 0.3) is 38.6 Å². The summed E-state index contributed by atoms with van der Waals surface area (Å²) in [5.41, 5.74) is 15.4. The highest BCUT2D eigenvalue weighted by Gasteiger charge is 2.53. The molecule has 0 bridgehead atoms. The molecule has 0 saturated heterocycles. The van der Waals surface area contributed by atoms with Crippen molar-refractivity contribution < 1.29 is 0 Å². The van der Waals surface area contributed by atoms with Gasteiger partial charge >= 0.3 is 0 Å². The summed E-state index contributed by atoms with van der Waals surface area (Å²) < 4.78 is 2.32. The Labute approximate surface area is 415 Å². The van der Waals surface area contributed by atoms with Crippen LogP contribution < -0.4 is 4.90 Å². The maximum absolute atomic E-state index is 5.55. The zero-order valence-electron chi connectivity index (χ0n) is 39.6. The molecule has 2 aliphatic carbocycles. The van der Waals surface area contributed by atoms with Crippen LogP contribution >= 0.6 is 0 Å². The first-order valence-electron chi connectivity index (χ1n) is 24.4. The Bertz CT molecular complexity index is 3640. The zero-order valence-corrected chi connectivity index (χ0v) is 39.6. The van der Waals surface area contributed by atoms with Gasteiger partial charge in [0.05, 0.1) is 23.0 Å². The number of hydrogen-bond acceptors (Lipinski definition) is 2. The van der Waals surface area contributed by atoms with Crippen molar-refractivity contribution in [2.45, 2.75) is 17.9 Å². The van der Waals surface area contributed by atoms with E-state index in [9.17, 15) is 0 Å². The van der Waals surface area contributed by atoms with Gasteiger partial charge in [-0.1, -0.05) is 212 Å². The van der Waals surface area contributed by atoms with E-state index in [0.29, 0.717) is 18.2 Å². The second-order valence-electron chi connectivity index (χ2n) is 18.4. The van der Waals surface area contributed by atoms with Crippen molar-refractivity contribution in [1.29, 1.82) is 0 Å². The third-order valence-corrected chi connectivity index (χ3v) is 14.6. The van der Waals surface area contributed by atoms with Gasteiger partial charge in [-0.25, -0.2) is 9.98 Å². The summed E-state index contributed by atoms with van der Waals surface area (Å²) in [6.07, 6.45) is 9.24. The number of amidine groups is 2. The minimum atomic E-state index is -0.402. The largest absolute Gasteiger partial charge is 0.344 e. The quantitative estimate of drug-likeness (QED) is 0.0996. The highest BCUT2D eigenvalue weighted by Crippen LogP contribution is 2.60. The molecular formula is C66H51N5. The van der Waals surface area contributed by atoms with Gasteiger partial charge in [-0.05, 0) is 82.6 Å². The fourth-order valence-electron chi connectivity index (χ4n) is 11.5. The highest BCUT2D eigenvalue weighted by atomic mass is 15.1. The van der Waals surface area contributed by atoms with Crippen LogP contribution in [0, 0.1) is 5.92 Å². The Hall–Kier alpha value is -8.93. The van der Waals surface area contributed by atoms with E-state index in [1.807, 2.05) is 0 Å². The maximum Gasteiger partial charge on any atom is 0.161 e. The first-order valence-corrected chi connectivity index (χ1v) is 24.4. The number of nitrogens with zero attached hydrogens (tertiary/aromatic N) is 5. The summed E-state index contributed by atoms with van der Waals surface area (Å²) in [6.45, 7) is 4.53. The van der Waals surface area contributed by atoms with E-state index < -0.39 is 5.41 Å². The normalized spacial score (nSPS) is 16.0. The molecule has 2 aliphatic rings. The summed E-state index contributed by atoms with van der Waals surface area (Å²) >= 11 is 0. The molecule has 71 heavy (non-hydrogen) atoms. The Morgan fingerprint density at radius 1 is 0.563 bits per heavy atom. The number of rotatable bonds is 10. The van der Waals surface area contributed by atoms with Gasteiger partial charge in [0.25, 0.3) is 0 Å². The monoisotopic (exact) mass is 913 g/mol. The molecule has 0 aliphatic heterocycles. The lowest BCUT2D eigenvalue weighted by Crippen LogP contribution is -2.34. The third-order valence-electron chi connectivity index (χ3n) is 14.6. The summed E-state index contributed by atoms with van der Waals surface area (Å²) in [5, 5.41) is 2.41. The molecular weight excluding hydrogens is 863 g/mol. The van der Waals surface area contributed by atoms with Crippen LogP contribution in [-0.4, -0.2) is 30.0 Å². The van der Waals surface area contributed by atoms with E-state index in [0.717, 1.165) is 50.3 Å². The van der Waals surface area contributed by atoms with Gasteiger partial charge < -0.3 is 9.47 Å². The molecule has 10 aromatic rings. The molecule has 0 N–H and O–H groups in total. The van der Waals surface area contributed by atoms with Crippen LogP contribution in [-0.2, 0) is 12.0 Å². The van der Waals surface area contributed by atoms with Gasteiger partial charge in [0.15, 0.2) is 11.7 Å². The summed E-state index contributed by atoms with van der Waals surface area (Å²) in [4.78, 5) is 17.9. The average Bonchev–Trinajstić information content (AvgIpc) is 3.95. The van der Waals surface area contributed by atoms with Gasteiger partial charge in [0.2, 0.25) is 0 Å². The first-order chi connectivity index (χ1) is 35.1. The summed E-state index contributed by atoms with van der Waals surface area (Å²) in [6, 6.07) is 82.2. The van der Waals surface area contributed by atoms with Crippen LogP contribution in [0.5, 0.6) is 0 Å². The fourth-order valence-corrected chi connectivity index (χ4v) is 11.5. The van der Waals surface area contributed by atoms with Crippen molar-refractivity contribution in [3.05, 3.63) is 294 Å². The molecule has 0 spiro atoms. The van der Waals surface area contributed by atoms with Gasteiger partial charge in [0, 0.05) is 63.4 Å². The number of aliphatic imine (C=N–C) groups is 3. The molecule has 0 radical (unpaired) electrons. The number of fused-ring (bicyclic) bond motifs is 6. The van der Waals surface area contributed by atoms with E-state index in [-0.39, 0.29) is 11.8 Å². The number of hydrogen-bond donors (Lipinski definition) is 0. The molecule has 1 heterocycles. The third kappa shape index (κ3) is 7.54. The minimum absolute atomic E-state index is 0.143. The molecule has 2 atom stereocenters. The lowest BCUT2D eigenvalue weighted by atomic mass is 9.63. The average molecular weight is 914 g/mol. The van der Waals surface area contributed by atoms with Crippen molar-refractivity contribution in [1.82, 2.24) is 4.57 Å². The van der Waals surface area contributed by atoms with Crippen molar-refractivity contribution in [2.24, 2.45) is 20.9 Å². The van der Waals surface area contributed by atoms with E-state index in [2.05, 4.69) is 283 Å². The van der Waals surface area contributed by atoms with Crippen LogP contribution in [0.15, 0.2) is 270 Å². The Kier molecular flexibility index (Phi) is 11.3. The minimum Gasteiger partial charge on any atom is -0.344 e. The van der Waals surface area contributed by atoms with Crippen LogP contribution in [0.1, 0.15) is 44.9 Å². The standard InChI is InChI=1S/C66H51N5/c1-67-64(47-25-21-33-53(44-47)71-61-41-18-14-35-55(61)56-36-15-19-42-62(56)71)69-65(48-26-20-32-52(43-48)70(2)60-40-17-13-34-54(60)46-23-6-3-7-24-46)68-45-49-27-22-39-59-63(49)57-37-12-16-38-58(57)66(59,50-28-8-4-9-29-50)51-30-10-5-11-31-51/h3-44,57-58H,1,45H2,2H3. The predicted molar refractivity (Wildman–Crippen MR) is 297 cm³/mol. The van der Waals surface area contributed by atoms with E-state index >= 15 is 0 Å². The number of anilines is 2. The van der Waals surface area contributed by atoms with E-state index in [1.165, 1.54) is 38.6 Å². The van der Waals surface area contributed by atoms with Gasteiger partial charge in [0.1, 0.15) is 0 Å². The summed E-state index contributed by atoms with van der Waals surface area (Å²) in [7, 11) is 2.12. The molecule has 0 amide bonds. The molecule has 12 rings (SSSR count). The van der Waals surface area contributed by atoms with Gasteiger partial charge in [-0.15, -0.1) is 0 Å². The Balaban J connectivity index is 1.01. The van der Waals surface area contributed by atoms with Gasteiger partial charge in [-0.2, -0.15) is 0 Å². The number of allylic oxidation sites excluding steroid dienone is 4. The highest BCUT2D eigenvalue weighted by molar-refractivity contribution is 6.14. The molecule has 9 aromatic carbocycles. The molecule has 5 nitrogen and oxygen atoms in total.